The van der Waals surface area contributed by atoms with E-state index < -0.39 is 23.7 Å². The van der Waals surface area contributed by atoms with Gasteiger partial charge in [0.2, 0.25) is 0 Å². The van der Waals surface area contributed by atoms with Crippen LogP contribution in [0.2, 0.25) is 0 Å². The SMILES string of the molecule is O=C(O)COC1(c2ccc(Br)cn2)CN(C(=O)OCC2c3ccccc3-c3ccccc32)C2(CCCC2)C1. The minimum Gasteiger partial charge on any atom is -0.480 e. The molecular weight excluding hydrogens is 548 g/mol. The second kappa shape index (κ2) is 9.82. The number of aliphatic carboxylic acids is 1. The first kappa shape index (κ1) is 25.1. The molecule has 196 valence electrons. The van der Waals surface area contributed by atoms with Crippen LogP contribution < -0.4 is 0 Å². The Morgan fingerprint density at radius 1 is 1.00 bits per heavy atom. The number of halogens is 1. The highest BCUT2D eigenvalue weighted by molar-refractivity contribution is 9.10. The van der Waals surface area contributed by atoms with Gasteiger partial charge in [-0.2, -0.15) is 0 Å². The van der Waals surface area contributed by atoms with Crippen molar-refractivity contribution >= 4 is 28.0 Å². The number of amides is 1. The summed E-state index contributed by atoms with van der Waals surface area (Å²) < 4.78 is 13.0. The van der Waals surface area contributed by atoms with Crippen molar-refractivity contribution in [2.24, 2.45) is 0 Å². The van der Waals surface area contributed by atoms with Gasteiger partial charge in [-0.1, -0.05) is 61.4 Å². The molecule has 1 atom stereocenters. The van der Waals surface area contributed by atoms with Crippen LogP contribution in [-0.4, -0.2) is 52.4 Å². The lowest BCUT2D eigenvalue weighted by molar-refractivity contribution is -0.150. The van der Waals surface area contributed by atoms with Crippen molar-refractivity contribution in [3.63, 3.8) is 0 Å². The lowest BCUT2D eigenvalue weighted by atomic mass is 9.86. The maximum Gasteiger partial charge on any atom is 0.410 e. The maximum atomic E-state index is 13.8. The first-order chi connectivity index (χ1) is 18.4. The quantitative estimate of drug-likeness (QED) is 0.381. The fourth-order valence-electron chi connectivity index (χ4n) is 6.70. The Morgan fingerprint density at radius 3 is 2.26 bits per heavy atom. The number of nitrogens with zero attached hydrogens (tertiary/aromatic N) is 2. The Labute approximate surface area is 229 Å². The molecule has 0 bridgehead atoms. The molecule has 3 aromatic rings. The number of carboxylic acids is 1. The second-order valence-corrected chi connectivity index (χ2v) is 11.5. The van der Waals surface area contributed by atoms with Gasteiger partial charge in [0.05, 0.1) is 12.2 Å². The summed E-state index contributed by atoms with van der Waals surface area (Å²) in [5.74, 6) is -1.09. The molecule has 2 aliphatic carbocycles. The molecule has 2 fully saturated rings. The average molecular weight is 577 g/mol. The number of hydrogen-bond acceptors (Lipinski definition) is 5. The van der Waals surface area contributed by atoms with Gasteiger partial charge in [0.15, 0.2) is 0 Å². The van der Waals surface area contributed by atoms with Gasteiger partial charge in [-0.05, 0) is 63.2 Å². The Balaban J connectivity index is 1.28. The number of likely N-dealkylation sites (tertiary alicyclic amines) is 1. The first-order valence-electron chi connectivity index (χ1n) is 13.0. The van der Waals surface area contributed by atoms with Crippen molar-refractivity contribution in [3.05, 3.63) is 88.2 Å². The number of fused-ring (bicyclic) bond motifs is 3. The van der Waals surface area contributed by atoms with E-state index in [0.29, 0.717) is 12.1 Å². The lowest BCUT2D eigenvalue weighted by Crippen LogP contribution is -2.46. The molecule has 1 amide bonds. The van der Waals surface area contributed by atoms with Gasteiger partial charge in [0.25, 0.3) is 0 Å². The Kier molecular flexibility index (Phi) is 6.48. The van der Waals surface area contributed by atoms with Gasteiger partial charge in [-0.3, -0.25) is 9.88 Å². The topological polar surface area (TPSA) is 89.0 Å². The second-order valence-electron chi connectivity index (χ2n) is 10.5. The summed E-state index contributed by atoms with van der Waals surface area (Å²) >= 11 is 3.42. The average Bonchev–Trinajstić information content (AvgIpc) is 3.62. The molecule has 2 heterocycles. The van der Waals surface area contributed by atoms with Gasteiger partial charge in [0, 0.05) is 28.5 Å². The molecule has 2 aromatic carbocycles. The van der Waals surface area contributed by atoms with Crippen LogP contribution in [0.1, 0.15) is 54.8 Å². The number of ether oxygens (including phenoxy) is 2. The summed E-state index contributed by atoms with van der Waals surface area (Å²) in [5.41, 5.74) is 3.85. The van der Waals surface area contributed by atoms with Gasteiger partial charge in [-0.25, -0.2) is 9.59 Å². The zero-order valence-corrected chi connectivity index (χ0v) is 22.5. The molecule has 1 unspecified atom stereocenters. The molecule has 0 radical (unpaired) electrons. The van der Waals surface area contributed by atoms with Crippen LogP contribution in [-0.2, 0) is 19.9 Å². The third-order valence-corrected chi connectivity index (χ3v) is 8.83. The van der Waals surface area contributed by atoms with E-state index in [9.17, 15) is 14.7 Å². The molecule has 1 saturated carbocycles. The van der Waals surface area contributed by atoms with Gasteiger partial charge in [0.1, 0.15) is 18.8 Å². The smallest absolute Gasteiger partial charge is 0.410 e. The largest absolute Gasteiger partial charge is 0.480 e. The Morgan fingerprint density at radius 2 is 1.66 bits per heavy atom. The number of benzene rings is 2. The van der Waals surface area contributed by atoms with E-state index in [4.69, 9.17) is 9.47 Å². The van der Waals surface area contributed by atoms with Crippen LogP contribution in [0.3, 0.4) is 0 Å². The van der Waals surface area contributed by atoms with E-state index in [1.54, 1.807) is 11.1 Å². The van der Waals surface area contributed by atoms with Gasteiger partial charge in [-0.15, -0.1) is 0 Å². The van der Waals surface area contributed by atoms with Crippen molar-refractivity contribution in [2.45, 2.75) is 49.2 Å². The monoisotopic (exact) mass is 576 g/mol. The van der Waals surface area contributed by atoms with E-state index in [1.807, 2.05) is 36.4 Å². The van der Waals surface area contributed by atoms with E-state index in [1.165, 1.54) is 11.1 Å². The summed E-state index contributed by atoms with van der Waals surface area (Å²) in [6, 6.07) is 20.3. The van der Waals surface area contributed by atoms with Crippen molar-refractivity contribution in [1.82, 2.24) is 9.88 Å². The number of aromatic nitrogens is 1. The molecule has 3 aliphatic rings. The fourth-order valence-corrected chi connectivity index (χ4v) is 6.94. The predicted octanol–water partition coefficient (Wildman–Crippen LogP) is 6.11. The van der Waals surface area contributed by atoms with E-state index >= 15 is 0 Å². The number of carbonyl (C=O) groups is 2. The van der Waals surface area contributed by atoms with E-state index in [-0.39, 0.29) is 25.2 Å². The van der Waals surface area contributed by atoms with Crippen molar-refractivity contribution in [3.8, 4) is 11.1 Å². The van der Waals surface area contributed by atoms with Crippen LogP contribution in [0.15, 0.2) is 71.3 Å². The minimum atomic E-state index is -1.05. The molecule has 1 aromatic heterocycles. The van der Waals surface area contributed by atoms with Gasteiger partial charge >= 0.3 is 12.1 Å². The molecule has 8 heteroatoms. The van der Waals surface area contributed by atoms with E-state index in [2.05, 4.69) is 45.2 Å². The molecule has 1 aliphatic heterocycles. The minimum absolute atomic E-state index is 0.0327. The summed E-state index contributed by atoms with van der Waals surface area (Å²) in [6.45, 7) is -0.0309. The number of hydrogen-bond donors (Lipinski definition) is 1. The number of rotatable bonds is 6. The predicted molar refractivity (Wildman–Crippen MR) is 145 cm³/mol. The van der Waals surface area contributed by atoms with Crippen molar-refractivity contribution in [2.75, 3.05) is 19.8 Å². The summed E-state index contributed by atoms with van der Waals surface area (Å²) in [7, 11) is 0. The molecule has 38 heavy (non-hydrogen) atoms. The lowest BCUT2D eigenvalue weighted by Gasteiger charge is -2.34. The number of carboxylic acid groups (broad SMARTS) is 1. The van der Waals surface area contributed by atoms with Crippen LogP contribution in [0, 0.1) is 0 Å². The zero-order valence-electron chi connectivity index (χ0n) is 20.9. The zero-order chi connectivity index (χ0) is 26.3. The molecular formula is C30H29BrN2O5. The summed E-state index contributed by atoms with van der Waals surface area (Å²) in [5, 5.41) is 9.42. The summed E-state index contributed by atoms with van der Waals surface area (Å²) in [6.07, 6.45) is 5.43. The van der Waals surface area contributed by atoms with Crippen LogP contribution in [0.4, 0.5) is 4.79 Å². The van der Waals surface area contributed by atoms with E-state index in [0.717, 1.165) is 41.3 Å². The molecule has 1 saturated heterocycles. The molecule has 1 N–H and O–H groups in total. The van der Waals surface area contributed by atoms with Crippen LogP contribution in [0.25, 0.3) is 11.1 Å². The highest BCUT2D eigenvalue weighted by atomic mass is 79.9. The Bertz CT molecular complexity index is 1330. The maximum absolute atomic E-state index is 13.8. The first-order valence-corrected chi connectivity index (χ1v) is 13.8. The molecule has 6 rings (SSSR count). The van der Waals surface area contributed by atoms with Gasteiger partial charge < -0.3 is 14.6 Å². The molecule has 1 spiro atoms. The highest BCUT2D eigenvalue weighted by Gasteiger charge is 2.58. The highest BCUT2D eigenvalue weighted by Crippen LogP contribution is 2.52. The van der Waals surface area contributed by atoms with Crippen molar-refractivity contribution in [1.29, 1.82) is 0 Å². The number of carbonyl (C=O) groups excluding carboxylic acids is 1. The standard InChI is InChI=1S/C30H29BrN2O5/c31-20-11-12-26(32-15-20)30(38-17-27(34)35)18-29(13-5-6-14-29)33(19-30)28(36)37-16-25-23-9-3-1-7-21(23)22-8-2-4-10-24(22)25/h1-4,7-12,15,25H,5-6,13-14,16-19H2,(H,34,35). The van der Waals surface area contributed by atoms with Crippen LogP contribution >= 0.6 is 15.9 Å². The summed E-state index contributed by atoms with van der Waals surface area (Å²) in [4.78, 5) is 31.7. The fraction of sp³-hybridized carbons (Fsp3) is 0.367. The Hall–Kier alpha value is -3.23. The third-order valence-electron chi connectivity index (χ3n) is 8.36. The normalized spacial score (nSPS) is 21.4. The van der Waals surface area contributed by atoms with Crippen molar-refractivity contribution < 1.29 is 24.2 Å². The van der Waals surface area contributed by atoms with Crippen LogP contribution in [0.5, 0.6) is 0 Å². The third kappa shape index (κ3) is 4.29. The number of pyridine rings is 1. The molecule has 7 nitrogen and oxygen atoms in total.